The third kappa shape index (κ3) is 7.97. The Morgan fingerprint density at radius 3 is 2.29 bits per heavy atom. The molecule has 0 atom stereocenters. The molecule has 4 rings (SSSR count). The van der Waals surface area contributed by atoms with Gasteiger partial charge in [0.15, 0.2) is 0 Å². The Morgan fingerprint density at radius 1 is 0.929 bits per heavy atom. The van der Waals surface area contributed by atoms with Crippen LogP contribution in [0.3, 0.4) is 0 Å². The molecule has 0 radical (unpaired) electrons. The summed E-state index contributed by atoms with van der Waals surface area (Å²) in [4.78, 5) is 23.1. The van der Waals surface area contributed by atoms with Crippen LogP contribution in [-0.4, -0.2) is 41.2 Å². The molecule has 4 aromatic rings. The minimum atomic E-state index is -5.29. The minimum absolute atomic E-state index is 0.0159. The molecule has 0 unspecified atom stereocenters. The molecule has 0 saturated heterocycles. The second-order valence-corrected chi connectivity index (χ2v) is 9.57. The van der Waals surface area contributed by atoms with Crippen molar-refractivity contribution < 1.29 is 35.9 Å². The van der Waals surface area contributed by atoms with Crippen LogP contribution in [0.2, 0.25) is 0 Å². The molecule has 0 fully saturated rings. The third-order valence-electron chi connectivity index (χ3n) is 5.91. The van der Waals surface area contributed by atoms with E-state index in [1.54, 1.807) is 24.3 Å². The molecular formula is C29H25F6N5O2. The molecule has 7 nitrogen and oxygen atoms in total. The summed E-state index contributed by atoms with van der Waals surface area (Å²) < 4.78 is 81.7. The Morgan fingerprint density at radius 2 is 1.64 bits per heavy atom. The quantitative estimate of drug-likeness (QED) is 0.208. The fourth-order valence-corrected chi connectivity index (χ4v) is 4.00. The number of rotatable bonds is 8. The average Bonchev–Trinajstić information content (AvgIpc) is 2.89. The highest BCUT2D eigenvalue weighted by molar-refractivity contribution is 6.04. The number of alkyl halides is 6. The molecule has 42 heavy (non-hydrogen) atoms. The summed E-state index contributed by atoms with van der Waals surface area (Å²) >= 11 is 0. The summed E-state index contributed by atoms with van der Waals surface area (Å²) in [6.45, 7) is 2.61. The van der Waals surface area contributed by atoms with Crippen molar-refractivity contribution in [1.82, 2.24) is 14.9 Å². The van der Waals surface area contributed by atoms with E-state index in [4.69, 9.17) is 0 Å². The van der Waals surface area contributed by atoms with Gasteiger partial charge < -0.3 is 20.3 Å². The number of hydrogen-bond acceptors (Lipinski definition) is 6. The molecule has 1 heterocycles. The van der Waals surface area contributed by atoms with Crippen molar-refractivity contribution in [3.63, 3.8) is 0 Å². The molecule has 0 aliphatic carbocycles. The summed E-state index contributed by atoms with van der Waals surface area (Å²) in [6.07, 6.45) is -9.11. The van der Waals surface area contributed by atoms with Gasteiger partial charge in [-0.2, -0.15) is 13.2 Å². The smallest absolute Gasteiger partial charge is 0.405 e. The van der Waals surface area contributed by atoms with Crippen molar-refractivity contribution in [2.24, 2.45) is 0 Å². The van der Waals surface area contributed by atoms with E-state index in [1.807, 2.05) is 44.1 Å². The Labute approximate surface area is 237 Å². The van der Waals surface area contributed by atoms with E-state index in [0.29, 0.717) is 35.6 Å². The molecule has 0 saturated carbocycles. The van der Waals surface area contributed by atoms with Gasteiger partial charge in [0.1, 0.15) is 5.75 Å². The molecular weight excluding hydrogens is 564 g/mol. The standard InChI is InChI=1S/C29H25F6N5O2/c1-17-4-5-18(16-40(2)3)14-24(17)38-26(41)19-6-9-21(10-7-19)37-27-36-13-12-23(39-27)20-8-11-25(42-29(33,34)35)22(15-20)28(30,31)32/h4-15H,16H2,1-3H3,(H,38,41)(H,36,37,39). The molecule has 2 N–H and O–H groups in total. The number of aryl methyl sites for hydroxylation is 1. The first-order chi connectivity index (χ1) is 19.7. The molecule has 1 aromatic heterocycles. The number of ether oxygens (including phenoxy) is 1. The second-order valence-electron chi connectivity index (χ2n) is 9.57. The van der Waals surface area contributed by atoms with Crippen LogP contribution in [0.1, 0.15) is 27.0 Å². The van der Waals surface area contributed by atoms with Gasteiger partial charge in [0.05, 0.1) is 11.3 Å². The predicted molar refractivity (Wildman–Crippen MR) is 145 cm³/mol. The lowest BCUT2D eigenvalue weighted by molar-refractivity contribution is -0.276. The molecule has 3 aromatic carbocycles. The fraction of sp³-hybridized carbons (Fsp3) is 0.207. The van der Waals surface area contributed by atoms with Crippen molar-refractivity contribution in [2.75, 3.05) is 24.7 Å². The van der Waals surface area contributed by atoms with Crippen LogP contribution in [-0.2, 0) is 12.7 Å². The molecule has 13 heteroatoms. The first kappa shape index (κ1) is 30.3. The summed E-state index contributed by atoms with van der Waals surface area (Å²) in [7, 11) is 3.90. The average molecular weight is 590 g/mol. The van der Waals surface area contributed by atoms with Crippen LogP contribution in [0.5, 0.6) is 5.75 Å². The topological polar surface area (TPSA) is 79.4 Å². The van der Waals surface area contributed by atoms with E-state index >= 15 is 0 Å². The van der Waals surface area contributed by atoms with Gasteiger partial charge >= 0.3 is 12.5 Å². The van der Waals surface area contributed by atoms with Crippen LogP contribution in [0.15, 0.2) is 72.9 Å². The number of nitrogens with one attached hydrogen (secondary N) is 2. The molecule has 0 aliphatic rings. The van der Waals surface area contributed by atoms with E-state index < -0.39 is 23.9 Å². The van der Waals surface area contributed by atoms with E-state index in [1.165, 1.54) is 12.3 Å². The summed E-state index contributed by atoms with van der Waals surface area (Å²) in [5, 5.41) is 5.81. The van der Waals surface area contributed by atoms with Gasteiger partial charge in [-0.05, 0) is 86.7 Å². The number of nitrogens with zero attached hydrogens (tertiary/aromatic N) is 3. The monoisotopic (exact) mass is 589 g/mol. The van der Waals surface area contributed by atoms with Crippen LogP contribution in [0, 0.1) is 6.92 Å². The van der Waals surface area contributed by atoms with E-state index in [0.717, 1.165) is 17.2 Å². The lowest BCUT2D eigenvalue weighted by Gasteiger charge is -2.16. The maximum Gasteiger partial charge on any atom is 0.573 e. The zero-order valence-electron chi connectivity index (χ0n) is 22.6. The number of carbonyl (C=O) groups is 1. The predicted octanol–water partition coefficient (Wildman–Crippen LogP) is 7.43. The van der Waals surface area contributed by atoms with Gasteiger partial charge in [0, 0.05) is 35.2 Å². The fourth-order valence-electron chi connectivity index (χ4n) is 4.00. The highest BCUT2D eigenvalue weighted by atomic mass is 19.4. The second kappa shape index (κ2) is 12.1. The van der Waals surface area contributed by atoms with Gasteiger partial charge in [0.25, 0.3) is 5.91 Å². The lowest BCUT2D eigenvalue weighted by Crippen LogP contribution is -2.20. The molecule has 220 valence electrons. The van der Waals surface area contributed by atoms with E-state index in [2.05, 4.69) is 25.3 Å². The Kier molecular flexibility index (Phi) is 8.71. The first-order valence-electron chi connectivity index (χ1n) is 12.4. The van der Waals surface area contributed by atoms with Gasteiger partial charge in [-0.1, -0.05) is 12.1 Å². The van der Waals surface area contributed by atoms with Crippen LogP contribution in [0.25, 0.3) is 11.3 Å². The summed E-state index contributed by atoms with van der Waals surface area (Å²) in [6, 6.07) is 15.7. The zero-order chi connectivity index (χ0) is 30.7. The lowest BCUT2D eigenvalue weighted by atomic mass is 10.1. The van der Waals surface area contributed by atoms with E-state index in [-0.39, 0.29) is 23.1 Å². The van der Waals surface area contributed by atoms with Crippen LogP contribution < -0.4 is 15.4 Å². The number of anilines is 3. The van der Waals surface area contributed by atoms with Crippen LogP contribution in [0.4, 0.5) is 43.7 Å². The maximum absolute atomic E-state index is 13.5. The number of carbonyl (C=O) groups excluding carboxylic acids is 1. The number of benzene rings is 3. The normalized spacial score (nSPS) is 11.9. The number of aromatic nitrogens is 2. The molecule has 0 aliphatic heterocycles. The number of hydrogen-bond donors (Lipinski definition) is 2. The van der Waals surface area contributed by atoms with Gasteiger partial charge in [0.2, 0.25) is 5.95 Å². The van der Waals surface area contributed by atoms with Gasteiger partial charge in [-0.3, -0.25) is 4.79 Å². The molecule has 0 spiro atoms. The Balaban J connectivity index is 1.49. The van der Waals surface area contributed by atoms with Crippen molar-refractivity contribution in [3.8, 4) is 17.0 Å². The SMILES string of the molecule is Cc1ccc(CN(C)C)cc1NC(=O)c1ccc(Nc2nccc(-c3ccc(OC(F)(F)F)c(C(F)(F)F)c3)n2)cc1. The molecule has 1 amide bonds. The highest BCUT2D eigenvalue weighted by Crippen LogP contribution is 2.40. The Bertz CT molecular complexity index is 1570. The van der Waals surface area contributed by atoms with Crippen molar-refractivity contribution in [3.05, 3.63) is 95.2 Å². The van der Waals surface area contributed by atoms with Gasteiger partial charge in [-0.15, -0.1) is 13.2 Å². The summed E-state index contributed by atoms with van der Waals surface area (Å²) in [5.74, 6) is -1.67. The number of halogens is 6. The molecule has 0 bridgehead atoms. The van der Waals surface area contributed by atoms with Crippen molar-refractivity contribution in [1.29, 1.82) is 0 Å². The van der Waals surface area contributed by atoms with Crippen molar-refractivity contribution >= 4 is 23.2 Å². The Hall–Kier alpha value is -4.65. The number of amides is 1. The highest BCUT2D eigenvalue weighted by Gasteiger charge is 2.39. The largest absolute Gasteiger partial charge is 0.573 e. The summed E-state index contributed by atoms with van der Waals surface area (Å²) in [5.41, 5.74) is 1.84. The third-order valence-corrected chi connectivity index (χ3v) is 5.91. The van der Waals surface area contributed by atoms with Crippen molar-refractivity contribution in [2.45, 2.75) is 26.0 Å². The van der Waals surface area contributed by atoms with E-state index in [9.17, 15) is 31.1 Å². The maximum atomic E-state index is 13.5. The van der Waals surface area contributed by atoms with Gasteiger partial charge in [-0.25, -0.2) is 9.97 Å². The van der Waals surface area contributed by atoms with Crippen LogP contribution >= 0.6 is 0 Å². The zero-order valence-corrected chi connectivity index (χ0v) is 22.6. The first-order valence-corrected chi connectivity index (χ1v) is 12.4. The minimum Gasteiger partial charge on any atom is -0.405 e.